The minimum atomic E-state index is -0.0781. The van der Waals surface area contributed by atoms with Crippen molar-refractivity contribution in [2.75, 3.05) is 25.4 Å². The van der Waals surface area contributed by atoms with E-state index in [-0.39, 0.29) is 5.91 Å². The number of nitrogens with zero attached hydrogens (tertiary/aromatic N) is 1. The summed E-state index contributed by atoms with van der Waals surface area (Å²) in [5, 5.41) is 11.1. The van der Waals surface area contributed by atoms with Crippen molar-refractivity contribution in [2.24, 2.45) is 35.5 Å². The summed E-state index contributed by atoms with van der Waals surface area (Å²) in [5.41, 5.74) is 0. The van der Waals surface area contributed by atoms with Crippen molar-refractivity contribution in [2.45, 2.75) is 81.6 Å². The predicted molar refractivity (Wildman–Crippen MR) is 129 cm³/mol. The quantitative estimate of drug-likeness (QED) is 0.524. The van der Waals surface area contributed by atoms with Gasteiger partial charge >= 0.3 is 0 Å². The Balaban J connectivity index is 1.15. The van der Waals surface area contributed by atoms with Gasteiger partial charge in [-0.3, -0.25) is 4.79 Å². The van der Waals surface area contributed by atoms with Crippen molar-refractivity contribution in [3.8, 4) is 5.88 Å². The van der Waals surface area contributed by atoms with Crippen LogP contribution in [-0.2, 0) is 0 Å². The highest BCUT2D eigenvalue weighted by Gasteiger charge is 2.49. The highest BCUT2D eigenvalue weighted by molar-refractivity contribution is 7.99. The Morgan fingerprint density at radius 2 is 1.70 bits per heavy atom. The third-order valence-electron chi connectivity index (χ3n) is 9.20. The topological polar surface area (TPSA) is 76.4 Å². The van der Waals surface area contributed by atoms with Gasteiger partial charge in [0.1, 0.15) is 4.90 Å². The fraction of sp³-hybridized carbons (Fsp3) is 0.846. The Labute approximate surface area is 201 Å². The molecule has 0 atom stereocenters. The summed E-state index contributed by atoms with van der Waals surface area (Å²) in [7, 11) is 0. The maximum atomic E-state index is 13.5. The monoisotopic (exact) mass is 473 g/mol. The number of thioether (sulfide) groups is 1. The van der Waals surface area contributed by atoms with Crippen molar-refractivity contribution >= 4 is 17.7 Å². The van der Waals surface area contributed by atoms with E-state index in [1.54, 1.807) is 11.8 Å². The lowest BCUT2D eigenvalue weighted by Gasteiger charge is -2.54. The number of carbonyl (C=O) groups is 1. The predicted octanol–water partition coefficient (Wildman–Crippen LogP) is 4.89. The molecule has 1 amide bonds. The molecule has 0 unspecified atom stereocenters. The summed E-state index contributed by atoms with van der Waals surface area (Å²) in [6, 6.07) is 0.308. The number of nitrogens with one attached hydrogen (secondary N) is 2. The maximum Gasteiger partial charge on any atom is 0.291 e. The van der Waals surface area contributed by atoms with E-state index in [4.69, 9.17) is 9.26 Å². The van der Waals surface area contributed by atoms with E-state index in [1.807, 2.05) is 0 Å². The van der Waals surface area contributed by atoms with E-state index in [0.717, 1.165) is 54.3 Å². The van der Waals surface area contributed by atoms with Crippen molar-refractivity contribution in [1.29, 1.82) is 0 Å². The lowest BCUT2D eigenvalue weighted by molar-refractivity contribution is -0.0124. The standard InChI is InChI=1S/C26H39N3O3S/c30-25(28-22-20-10-18-9-19(12-20)13-21(22)11-18)23-24(33-15-17-3-1-2-4-17)26(29-32-23)31-14-16-5-7-27-8-6-16/h16-22,27H,1-15H2,(H,28,30). The maximum absolute atomic E-state index is 13.5. The molecule has 0 radical (unpaired) electrons. The average molecular weight is 474 g/mol. The van der Waals surface area contributed by atoms with Gasteiger partial charge in [-0.15, -0.1) is 11.8 Å². The molecule has 4 bridgehead atoms. The molecule has 1 aromatic heterocycles. The first-order valence-electron chi connectivity index (χ1n) is 13.5. The number of hydrogen-bond acceptors (Lipinski definition) is 6. The van der Waals surface area contributed by atoms with Crippen LogP contribution in [0.1, 0.15) is 81.2 Å². The van der Waals surface area contributed by atoms with E-state index >= 15 is 0 Å². The number of amides is 1. The minimum absolute atomic E-state index is 0.0781. The second-order valence-corrected chi connectivity index (χ2v) is 12.6. The fourth-order valence-corrected chi connectivity index (χ4v) is 8.85. The molecule has 182 valence electrons. The third kappa shape index (κ3) is 4.82. The Hall–Kier alpha value is -1.21. The molecular weight excluding hydrogens is 434 g/mol. The van der Waals surface area contributed by atoms with Crippen LogP contribution in [0.2, 0.25) is 0 Å². The molecule has 0 aromatic carbocycles. The Kier molecular flexibility index (Phi) is 6.62. The van der Waals surface area contributed by atoms with Crippen LogP contribution < -0.4 is 15.4 Å². The van der Waals surface area contributed by atoms with Crippen LogP contribution >= 0.6 is 11.8 Å². The summed E-state index contributed by atoms with van der Waals surface area (Å²) in [4.78, 5) is 14.3. The first-order chi connectivity index (χ1) is 16.2. The van der Waals surface area contributed by atoms with Crippen molar-refractivity contribution in [1.82, 2.24) is 15.8 Å². The number of carbonyl (C=O) groups excluding carboxylic acids is 1. The van der Waals surface area contributed by atoms with Gasteiger partial charge in [-0.05, 0) is 112 Å². The molecule has 5 saturated carbocycles. The summed E-state index contributed by atoms with van der Waals surface area (Å²) in [6.07, 6.45) is 14.1. The lowest BCUT2D eigenvalue weighted by Crippen LogP contribution is -2.55. The molecule has 6 aliphatic rings. The summed E-state index contributed by atoms with van der Waals surface area (Å²) in [6.45, 7) is 2.76. The van der Waals surface area contributed by atoms with Gasteiger partial charge in [0.05, 0.1) is 6.61 Å². The highest BCUT2D eigenvalue weighted by atomic mass is 32.2. The van der Waals surface area contributed by atoms with Gasteiger partial charge in [0.2, 0.25) is 5.76 Å². The molecule has 7 heteroatoms. The molecule has 0 spiro atoms. The van der Waals surface area contributed by atoms with Gasteiger partial charge in [0, 0.05) is 11.8 Å². The van der Waals surface area contributed by atoms with E-state index < -0.39 is 0 Å². The van der Waals surface area contributed by atoms with Gasteiger partial charge in [-0.2, -0.15) is 0 Å². The summed E-state index contributed by atoms with van der Waals surface area (Å²) < 4.78 is 11.9. The zero-order chi connectivity index (χ0) is 22.2. The Morgan fingerprint density at radius 1 is 1.00 bits per heavy atom. The molecule has 1 aromatic rings. The molecule has 7 rings (SSSR count). The molecule has 2 heterocycles. The normalized spacial score (nSPS) is 34.1. The van der Waals surface area contributed by atoms with Gasteiger partial charge in [-0.25, -0.2) is 0 Å². The second-order valence-electron chi connectivity index (χ2n) is 11.5. The zero-order valence-corrected chi connectivity index (χ0v) is 20.5. The van der Waals surface area contributed by atoms with Crippen LogP contribution in [-0.4, -0.2) is 42.6 Å². The minimum Gasteiger partial charge on any atom is -0.474 e. The first-order valence-corrected chi connectivity index (χ1v) is 14.5. The summed E-state index contributed by atoms with van der Waals surface area (Å²) >= 11 is 1.73. The third-order valence-corrected chi connectivity index (χ3v) is 10.5. The SMILES string of the molecule is O=C(NC1C2CC3CC(C2)CC1C3)c1onc(OCC2CCNCC2)c1SCC1CCCC1. The number of ether oxygens (including phenoxy) is 1. The second kappa shape index (κ2) is 9.80. The van der Waals surface area contributed by atoms with E-state index in [0.29, 0.717) is 42.0 Å². The zero-order valence-electron chi connectivity index (χ0n) is 19.7. The molecule has 33 heavy (non-hydrogen) atoms. The lowest BCUT2D eigenvalue weighted by atomic mass is 9.54. The molecular formula is C26H39N3O3S. The molecule has 6 nitrogen and oxygen atoms in total. The number of aromatic nitrogens is 1. The molecule has 6 fully saturated rings. The van der Waals surface area contributed by atoms with E-state index in [9.17, 15) is 4.79 Å². The number of piperidine rings is 1. The van der Waals surface area contributed by atoms with Crippen molar-refractivity contribution < 1.29 is 14.1 Å². The van der Waals surface area contributed by atoms with E-state index in [1.165, 1.54) is 57.8 Å². The average Bonchev–Trinajstić information content (AvgIpc) is 3.48. The molecule has 2 N–H and O–H groups in total. The summed E-state index contributed by atoms with van der Waals surface area (Å²) in [5.74, 6) is 6.23. The van der Waals surface area contributed by atoms with Crippen LogP contribution in [0.25, 0.3) is 0 Å². The first kappa shape index (κ1) is 22.3. The van der Waals surface area contributed by atoms with Crippen LogP contribution in [0.4, 0.5) is 0 Å². The van der Waals surface area contributed by atoms with Crippen molar-refractivity contribution in [3.63, 3.8) is 0 Å². The van der Waals surface area contributed by atoms with E-state index in [2.05, 4.69) is 15.8 Å². The number of rotatable bonds is 8. The van der Waals surface area contributed by atoms with Gasteiger partial charge in [-0.1, -0.05) is 12.8 Å². The highest BCUT2D eigenvalue weighted by Crippen LogP contribution is 2.53. The Bertz CT molecular complexity index is 803. The molecule has 1 saturated heterocycles. The van der Waals surface area contributed by atoms with Gasteiger partial charge in [0.15, 0.2) is 0 Å². The smallest absolute Gasteiger partial charge is 0.291 e. The van der Waals surface area contributed by atoms with Gasteiger partial charge < -0.3 is 19.9 Å². The van der Waals surface area contributed by atoms with Gasteiger partial charge in [0.25, 0.3) is 11.8 Å². The largest absolute Gasteiger partial charge is 0.474 e. The molecule has 1 aliphatic heterocycles. The molecule has 5 aliphatic carbocycles. The van der Waals surface area contributed by atoms with Crippen LogP contribution in [0.3, 0.4) is 0 Å². The van der Waals surface area contributed by atoms with Crippen LogP contribution in [0.15, 0.2) is 9.42 Å². The van der Waals surface area contributed by atoms with Crippen molar-refractivity contribution in [3.05, 3.63) is 5.76 Å². The Morgan fingerprint density at radius 3 is 2.39 bits per heavy atom. The van der Waals surface area contributed by atoms with Crippen LogP contribution in [0, 0.1) is 35.5 Å². The number of hydrogen-bond donors (Lipinski definition) is 2. The van der Waals surface area contributed by atoms with Crippen LogP contribution in [0.5, 0.6) is 5.88 Å². The fourth-order valence-electron chi connectivity index (χ4n) is 7.63.